The van der Waals surface area contributed by atoms with Crippen LogP contribution in [-0.2, 0) is 6.42 Å². The van der Waals surface area contributed by atoms with Crippen LogP contribution in [-0.4, -0.2) is 14.8 Å². The van der Waals surface area contributed by atoms with Crippen molar-refractivity contribution in [2.45, 2.75) is 12.3 Å². The molecule has 0 radical (unpaired) electrons. The lowest BCUT2D eigenvalue weighted by atomic mass is 9.91. The van der Waals surface area contributed by atoms with E-state index in [4.69, 9.17) is 11.6 Å². The number of nitrogens with zero attached hydrogens (tertiary/aromatic N) is 3. The van der Waals surface area contributed by atoms with Gasteiger partial charge >= 0.3 is 0 Å². The molecule has 0 spiro atoms. The second-order valence-corrected chi connectivity index (χ2v) is 5.98. The van der Waals surface area contributed by atoms with Crippen LogP contribution in [0.4, 0.5) is 0 Å². The van der Waals surface area contributed by atoms with Crippen molar-refractivity contribution in [1.29, 1.82) is 0 Å². The summed E-state index contributed by atoms with van der Waals surface area (Å²) in [6, 6.07) is 10.2. The molecule has 19 heavy (non-hydrogen) atoms. The predicted octanol–water partition coefficient (Wildman–Crippen LogP) is 3.67. The van der Waals surface area contributed by atoms with E-state index in [-0.39, 0.29) is 0 Å². The van der Waals surface area contributed by atoms with Gasteiger partial charge in [-0.2, -0.15) is 0 Å². The molecule has 0 amide bonds. The molecule has 0 N–H and O–H groups in total. The van der Waals surface area contributed by atoms with Crippen LogP contribution >= 0.6 is 22.9 Å². The maximum Gasteiger partial charge on any atom is 0.138 e. The Kier molecular flexibility index (Phi) is 2.47. The van der Waals surface area contributed by atoms with Crippen molar-refractivity contribution in [3.05, 3.63) is 63.3 Å². The van der Waals surface area contributed by atoms with Gasteiger partial charge < -0.3 is 0 Å². The fourth-order valence-corrected chi connectivity index (χ4v) is 3.75. The summed E-state index contributed by atoms with van der Waals surface area (Å²) in [5, 5.41) is 11.1. The molecule has 0 saturated carbocycles. The van der Waals surface area contributed by atoms with Crippen LogP contribution in [0.2, 0.25) is 5.02 Å². The summed E-state index contributed by atoms with van der Waals surface area (Å²) in [4.78, 5) is 1.37. The molecule has 3 nitrogen and oxygen atoms in total. The highest BCUT2D eigenvalue weighted by atomic mass is 35.5. The van der Waals surface area contributed by atoms with Gasteiger partial charge in [-0.05, 0) is 29.1 Å². The van der Waals surface area contributed by atoms with Crippen LogP contribution in [0.25, 0.3) is 5.69 Å². The Bertz CT molecular complexity index is 729. The lowest BCUT2D eigenvalue weighted by molar-refractivity contribution is 0.707. The van der Waals surface area contributed by atoms with Gasteiger partial charge in [-0.3, -0.25) is 4.57 Å². The molecule has 5 heteroatoms. The van der Waals surface area contributed by atoms with E-state index in [0.717, 1.165) is 17.3 Å². The number of benzene rings is 1. The molecule has 1 aromatic carbocycles. The molecular weight excluding hydrogens is 278 g/mol. The van der Waals surface area contributed by atoms with Crippen LogP contribution in [0.1, 0.15) is 22.2 Å². The van der Waals surface area contributed by atoms with E-state index in [1.54, 1.807) is 17.7 Å². The van der Waals surface area contributed by atoms with E-state index in [2.05, 4.69) is 38.3 Å². The Hall–Kier alpha value is -1.65. The molecule has 4 rings (SSSR count). The van der Waals surface area contributed by atoms with E-state index < -0.39 is 0 Å². The van der Waals surface area contributed by atoms with Gasteiger partial charge in [0.25, 0.3) is 0 Å². The molecular formula is C14H10ClN3S. The topological polar surface area (TPSA) is 30.7 Å². The fraction of sp³-hybridized carbons (Fsp3) is 0.143. The summed E-state index contributed by atoms with van der Waals surface area (Å²) < 4.78 is 2.08. The number of hydrogen-bond donors (Lipinski definition) is 0. The van der Waals surface area contributed by atoms with Crippen molar-refractivity contribution in [3.63, 3.8) is 0 Å². The lowest BCUT2D eigenvalue weighted by Gasteiger charge is -2.23. The third kappa shape index (κ3) is 1.71. The van der Waals surface area contributed by atoms with Gasteiger partial charge in [0.15, 0.2) is 0 Å². The minimum absolute atomic E-state index is 0.351. The number of fused-ring (bicyclic) bond motifs is 3. The quantitative estimate of drug-likeness (QED) is 0.684. The van der Waals surface area contributed by atoms with Crippen molar-refractivity contribution in [3.8, 4) is 5.69 Å². The highest BCUT2D eigenvalue weighted by Gasteiger charge is 2.28. The van der Waals surface area contributed by atoms with Crippen LogP contribution in [0.5, 0.6) is 0 Å². The highest BCUT2D eigenvalue weighted by Crippen LogP contribution is 2.40. The van der Waals surface area contributed by atoms with Gasteiger partial charge in [0.1, 0.15) is 12.2 Å². The van der Waals surface area contributed by atoms with Crippen molar-refractivity contribution < 1.29 is 0 Å². The number of halogens is 1. The maximum atomic E-state index is 5.97. The summed E-state index contributed by atoms with van der Waals surface area (Å²) in [6.45, 7) is 0. The highest BCUT2D eigenvalue weighted by molar-refractivity contribution is 7.10. The summed E-state index contributed by atoms with van der Waals surface area (Å²) in [7, 11) is 0. The molecule has 0 bridgehead atoms. The molecule has 1 atom stereocenters. The molecule has 1 unspecified atom stereocenters. The van der Waals surface area contributed by atoms with E-state index in [1.807, 2.05) is 12.1 Å². The van der Waals surface area contributed by atoms with Crippen molar-refractivity contribution in [1.82, 2.24) is 14.8 Å². The standard InChI is InChI=1S/C14H10ClN3S/c15-10-3-1-9(2-4-10)11-7-13-17-16-8-18(13)12-5-6-19-14(11)12/h1-6,8,11H,7H2. The normalized spacial score (nSPS) is 17.0. The largest absolute Gasteiger partial charge is 0.284 e. The summed E-state index contributed by atoms with van der Waals surface area (Å²) in [6.07, 6.45) is 2.67. The average Bonchev–Trinajstić information content (AvgIpc) is 3.06. The van der Waals surface area contributed by atoms with Gasteiger partial charge in [-0.1, -0.05) is 23.7 Å². The molecule has 0 saturated heterocycles. The second kappa shape index (κ2) is 4.18. The zero-order valence-corrected chi connectivity index (χ0v) is 11.5. The SMILES string of the molecule is Clc1ccc(C2Cc3nncn3-c3ccsc32)cc1. The first-order chi connectivity index (χ1) is 9.33. The molecule has 1 aliphatic heterocycles. The first-order valence-electron chi connectivity index (χ1n) is 6.05. The van der Waals surface area contributed by atoms with Crippen LogP contribution in [0.3, 0.4) is 0 Å². The molecule has 94 valence electrons. The number of thiophene rings is 1. The molecule has 3 aromatic rings. The van der Waals surface area contributed by atoms with Crippen LogP contribution < -0.4 is 0 Å². The van der Waals surface area contributed by atoms with Gasteiger partial charge in [0.05, 0.1) is 5.69 Å². The summed E-state index contributed by atoms with van der Waals surface area (Å²) >= 11 is 7.76. The molecule has 1 aliphatic rings. The van der Waals surface area contributed by atoms with Crippen molar-refractivity contribution >= 4 is 22.9 Å². The lowest BCUT2D eigenvalue weighted by Crippen LogP contribution is -2.15. The van der Waals surface area contributed by atoms with Crippen LogP contribution in [0, 0.1) is 0 Å². The summed E-state index contributed by atoms with van der Waals surface area (Å²) in [5.41, 5.74) is 2.48. The zero-order valence-electron chi connectivity index (χ0n) is 9.95. The Balaban J connectivity index is 1.86. The molecule has 2 aromatic heterocycles. The van der Waals surface area contributed by atoms with Gasteiger partial charge in [0, 0.05) is 22.2 Å². The van der Waals surface area contributed by atoms with E-state index >= 15 is 0 Å². The number of rotatable bonds is 1. The first kappa shape index (κ1) is 11.2. The maximum absolute atomic E-state index is 5.97. The monoisotopic (exact) mass is 287 g/mol. The second-order valence-electron chi connectivity index (χ2n) is 4.60. The minimum atomic E-state index is 0.351. The Labute approximate surface area is 119 Å². The average molecular weight is 288 g/mol. The summed E-state index contributed by atoms with van der Waals surface area (Å²) in [5.74, 6) is 1.37. The Morgan fingerprint density at radius 2 is 2.05 bits per heavy atom. The van der Waals surface area contributed by atoms with Crippen LogP contribution in [0.15, 0.2) is 42.0 Å². The van der Waals surface area contributed by atoms with Gasteiger partial charge in [-0.15, -0.1) is 21.5 Å². The first-order valence-corrected chi connectivity index (χ1v) is 7.31. The fourth-order valence-electron chi connectivity index (χ4n) is 2.61. The Morgan fingerprint density at radius 3 is 2.89 bits per heavy atom. The van der Waals surface area contributed by atoms with Gasteiger partial charge in [0.2, 0.25) is 0 Å². The Morgan fingerprint density at radius 1 is 1.21 bits per heavy atom. The predicted molar refractivity (Wildman–Crippen MR) is 76.2 cm³/mol. The van der Waals surface area contributed by atoms with Gasteiger partial charge in [-0.25, -0.2) is 0 Å². The number of hydrogen-bond acceptors (Lipinski definition) is 3. The third-order valence-corrected chi connectivity index (χ3v) is 4.80. The van der Waals surface area contributed by atoms with E-state index in [9.17, 15) is 0 Å². The minimum Gasteiger partial charge on any atom is -0.284 e. The molecule has 0 aliphatic carbocycles. The molecule has 0 fully saturated rings. The third-order valence-electron chi connectivity index (χ3n) is 3.53. The zero-order chi connectivity index (χ0) is 12.8. The smallest absolute Gasteiger partial charge is 0.138 e. The van der Waals surface area contributed by atoms with Crippen molar-refractivity contribution in [2.24, 2.45) is 0 Å². The van der Waals surface area contributed by atoms with E-state index in [0.29, 0.717) is 5.92 Å². The number of aromatic nitrogens is 3. The molecule has 3 heterocycles. The van der Waals surface area contributed by atoms with Crippen molar-refractivity contribution in [2.75, 3.05) is 0 Å². The van der Waals surface area contributed by atoms with E-state index in [1.165, 1.54) is 16.1 Å².